The standard InChI is InChI=1S/C20H24FNO3/c1-14(2)10-11-25-18-9-6-16(12-19(18)24-3)20(23)22-13-15-4-7-17(21)8-5-15/h4-9,12,14H,10-11,13H2,1-3H3,(H,22,23). The Bertz CT molecular complexity index is 699. The molecule has 0 radical (unpaired) electrons. The van der Waals surface area contributed by atoms with Crippen molar-refractivity contribution in [1.29, 1.82) is 0 Å². The Hall–Kier alpha value is -2.56. The zero-order valence-electron chi connectivity index (χ0n) is 14.8. The van der Waals surface area contributed by atoms with Crippen LogP contribution in [-0.4, -0.2) is 19.6 Å². The summed E-state index contributed by atoms with van der Waals surface area (Å²) in [6.07, 6.45) is 0.947. The van der Waals surface area contributed by atoms with Crippen LogP contribution in [0.2, 0.25) is 0 Å². The van der Waals surface area contributed by atoms with Crippen LogP contribution < -0.4 is 14.8 Å². The molecule has 0 aliphatic rings. The van der Waals surface area contributed by atoms with Crippen molar-refractivity contribution in [3.8, 4) is 11.5 Å². The second kappa shape index (κ2) is 9.06. The Balaban J connectivity index is 1.98. The normalized spacial score (nSPS) is 10.6. The highest BCUT2D eigenvalue weighted by Gasteiger charge is 2.11. The maximum Gasteiger partial charge on any atom is 0.251 e. The molecule has 2 rings (SSSR count). The molecule has 1 amide bonds. The number of rotatable bonds is 8. The third-order valence-corrected chi connectivity index (χ3v) is 3.74. The van der Waals surface area contributed by atoms with Crippen molar-refractivity contribution in [2.45, 2.75) is 26.8 Å². The summed E-state index contributed by atoms with van der Waals surface area (Å²) in [6.45, 7) is 5.20. The smallest absolute Gasteiger partial charge is 0.251 e. The van der Waals surface area contributed by atoms with Crippen LogP contribution in [0, 0.1) is 11.7 Å². The molecule has 2 aromatic carbocycles. The zero-order chi connectivity index (χ0) is 18.2. The van der Waals surface area contributed by atoms with E-state index in [9.17, 15) is 9.18 Å². The van der Waals surface area contributed by atoms with Crippen molar-refractivity contribution in [2.24, 2.45) is 5.92 Å². The minimum atomic E-state index is -0.298. The summed E-state index contributed by atoms with van der Waals surface area (Å²) in [5.41, 5.74) is 1.31. The van der Waals surface area contributed by atoms with Crippen LogP contribution in [0.4, 0.5) is 4.39 Å². The molecule has 4 nitrogen and oxygen atoms in total. The van der Waals surface area contributed by atoms with Crippen molar-refractivity contribution in [3.05, 3.63) is 59.4 Å². The first kappa shape index (κ1) is 18.8. The van der Waals surface area contributed by atoms with Gasteiger partial charge in [-0.2, -0.15) is 0 Å². The Labute approximate surface area is 148 Å². The SMILES string of the molecule is COc1cc(C(=O)NCc2ccc(F)cc2)ccc1OCCC(C)C. The Kier molecular flexibility index (Phi) is 6.81. The number of methoxy groups -OCH3 is 1. The quantitative estimate of drug-likeness (QED) is 0.780. The number of hydrogen-bond acceptors (Lipinski definition) is 3. The lowest BCUT2D eigenvalue weighted by Gasteiger charge is -2.13. The number of nitrogens with one attached hydrogen (secondary N) is 1. The van der Waals surface area contributed by atoms with Gasteiger partial charge in [-0.15, -0.1) is 0 Å². The van der Waals surface area contributed by atoms with Gasteiger partial charge < -0.3 is 14.8 Å². The summed E-state index contributed by atoms with van der Waals surface area (Å²) < 4.78 is 23.9. The fraction of sp³-hybridized carbons (Fsp3) is 0.350. The van der Waals surface area contributed by atoms with Crippen molar-refractivity contribution < 1.29 is 18.7 Å². The number of halogens is 1. The lowest BCUT2D eigenvalue weighted by molar-refractivity contribution is 0.0950. The van der Waals surface area contributed by atoms with Crippen LogP contribution in [0.1, 0.15) is 36.2 Å². The number of hydrogen-bond donors (Lipinski definition) is 1. The summed E-state index contributed by atoms with van der Waals surface area (Å²) in [6, 6.07) is 11.1. The third kappa shape index (κ3) is 5.78. The second-order valence-corrected chi connectivity index (χ2v) is 6.21. The molecule has 2 aromatic rings. The average Bonchev–Trinajstić information content (AvgIpc) is 2.60. The monoisotopic (exact) mass is 345 g/mol. The van der Waals surface area contributed by atoms with Crippen molar-refractivity contribution in [2.75, 3.05) is 13.7 Å². The third-order valence-electron chi connectivity index (χ3n) is 3.74. The van der Waals surface area contributed by atoms with Crippen LogP contribution in [0.15, 0.2) is 42.5 Å². The van der Waals surface area contributed by atoms with E-state index >= 15 is 0 Å². The summed E-state index contributed by atoms with van der Waals surface area (Å²) in [5.74, 6) is 1.18. The first-order valence-corrected chi connectivity index (χ1v) is 8.33. The van der Waals surface area contributed by atoms with Crippen LogP contribution in [0.25, 0.3) is 0 Å². The van der Waals surface area contributed by atoms with E-state index in [-0.39, 0.29) is 11.7 Å². The molecule has 5 heteroatoms. The van der Waals surface area contributed by atoms with Crippen molar-refractivity contribution in [1.82, 2.24) is 5.32 Å². The highest BCUT2D eigenvalue weighted by Crippen LogP contribution is 2.28. The molecule has 0 spiro atoms. The van der Waals surface area contributed by atoms with Gasteiger partial charge in [-0.1, -0.05) is 26.0 Å². The topological polar surface area (TPSA) is 47.6 Å². The second-order valence-electron chi connectivity index (χ2n) is 6.21. The van der Waals surface area contributed by atoms with Crippen LogP contribution in [-0.2, 0) is 6.54 Å². The van der Waals surface area contributed by atoms with E-state index in [4.69, 9.17) is 9.47 Å². The predicted molar refractivity (Wildman–Crippen MR) is 95.5 cm³/mol. The molecule has 0 aliphatic carbocycles. The van der Waals surface area contributed by atoms with E-state index in [1.54, 1.807) is 37.4 Å². The number of carbonyl (C=O) groups excluding carboxylic acids is 1. The molecule has 0 atom stereocenters. The molecular formula is C20H24FNO3. The van der Waals surface area contributed by atoms with E-state index < -0.39 is 0 Å². The molecule has 25 heavy (non-hydrogen) atoms. The van der Waals surface area contributed by atoms with Crippen molar-refractivity contribution in [3.63, 3.8) is 0 Å². The largest absolute Gasteiger partial charge is 0.493 e. The Morgan fingerprint density at radius 2 is 1.84 bits per heavy atom. The lowest BCUT2D eigenvalue weighted by Crippen LogP contribution is -2.22. The maximum atomic E-state index is 12.9. The van der Waals surface area contributed by atoms with E-state index in [2.05, 4.69) is 19.2 Å². The molecule has 0 aromatic heterocycles. The van der Waals surface area contributed by atoms with Crippen LogP contribution in [0.3, 0.4) is 0 Å². The van der Waals surface area contributed by atoms with Gasteiger partial charge in [0.15, 0.2) is 11.5 Å². The zero-order valence-corrected chi connectivity index (χ0v) is 14.8. The van der Waals surface area contributed by atoms with Gasteiger partial charge in [-0.25, -0.2) is 4.39 Å². The number of amides is 1. The van der Waals surface area contributed by atoms with Gasteiger partial charge in [-0.3, -0.25) is 4.79 Å². The number of ether oxygens (including phenoxy) is 2. The van der Waals surface area contributed by atoms with E-state index in [1.807, 2.05) is 0 Å². The van der Waals surface area contributed by atoms with Crippen LogP contribution in [0.5, 0.6) is 11.5 Å². The maximum absolute atomic E-state index is 12.9. The molecule has 0 bridgehead atoms. The van der Waals surface area contributed by atoms with E-state index in [0.29, 0.717) is 36.1 Å². The minimum absolute atomic E-state index is 0.226. The minimum Gasteiger partial charge on any atom is -0.493 e. The molecule has 0 aliphatic heterocycles. The molecule has 0 saturated heterocycles. The first-order chi connectivity index (χ1) is 12.0. The Morgan fingerprint density at radius 3 is 2.48 bits per heavy atom. The number of benzene rings is 2. The summed E-state index contributed by atoms with van der Waals surface area (Å²) in [5, 5.41) is 2.81. The molecule has 0 heterocycles. The fourth-order valence-corrected chi connectivity index (χ4v) is 2.22. The van der Waals surface area contributed by atoms with Gasteiger partial charge in [0.05, 0.1) is 13.7 Å². The molecule has 0 saturated carbocycles. The van der Waals surface area contributed by atoms with Gasteiger partial charge in [0, 0.05) is 12.1 Å². The van der Waals surface area contributed by atoms with Gasteiger partial charge in [0.2, 0.25) is 0 Å². The lowest BCUT2D eigenvalue weighted by atomic mass is 10.1. The van der Waals surface area contributed by atoms with Gasteiger partial charge in [0.1, 0.15) is 5.82 Å². The number of carbonyl (C=O) groups is 1. The van der Waals surface area contributed by atoms with Crippen LogP contribution >= 0.6 is 0 Å². The highest BCUT2D eigenvalue weighted by molar-refractivity contribution is 5.94. The summed E-state index contributed by atoms with van der Waals surface area (Å²) in [7, 11) is 1.55. The fourth-order valence-electron chi connectivity index (χ4n) is 2.22. The highest BCUT2D eigenvalue weighted by atomic mass is 19.1. The average molecular weight is 345 g/mol. The molecule has 134 valence electrons. The first-order valence-electron chi connectivity index (χ1n) is 8.33. The Morgan fingerprint density at radius 1 is 1.12 bits per heavy atom. The van der Waals surface area contributed by atoms with Gasteiger partial charge >= 0.3 is 0 Å². The summed E-state index contributed by atoms with van der Waals surface area (Å²) in [4.78, 5) is 12.3. The van der Waals surface area contributed by atoms with Gasteiger partial charge in [0.25, 0.3) is 5.91 Å². The predicted octanol–water partition coefficient (Wildman–Crippen LogP) is 4.19. The summed E-state index contributed by atoms with van der Waals surface area (Å²) >= 11 is 0. The van der Waals surface area contributed by atoms with Gasteiger partial charge in [-0.05, 0) is 48.2 Å². The molecule has 1 N–H and O–H groups in total. The van der Waals surface area contributed by atoms with E-state index in [1.165, 1.54) is 12.1 Å². The molecular weight excluding hydrogens is 321 g/mol. The van der Waals surface area contributed by atoms with E-state index in [0.717, 1.165) is 12.0 Å². The molecule has 0 fully saturated rings. The van der Waals surface area contributed by atoms with Crippen molar-refractivity contribution >= 4 is 5.91 Å². The molecule has 0 unspecified atom stereocenters.